The molecule has 5 rings (SSSR count). The smallest absolute Gasteiger partial charge is 0.304 e. The van der Waals surface area contributed by atoms with E-state index in [1.165, 1.54) is 32.9 Å². The third kappa shape index (κ3) is 2.56. The summed E-state index contributed by atoms with van der Waals surface area (Å²) in [5.74, 6) is 0. The van der Waals surface area contributed by atoms with Crippen molar-refractivity contribution in [3.05, 3.63) is 97.1 Å². The first-order valence-corrected chi connectivity index (χ1v) is 9.14. The zero-order valence-corrected chi connectivity index (χ0v) is 14.8. The van der Waals surface area contributed by atoms with E-state index < -0.39 is 0 Å². The molecule has 27 heavy (non-hydrogen) atoms. The van der Waals surface area contributed by atoms with Gasteiger partial charge >= 0.3 is 7.48 Å². The molecule has 1 heterocycles. The number of rotatable bonds is 3. The maximum absolute atomic E-state index is 9.57. The topological polar surface area (TPSA) is 25.2 Å². The third-order valence-electron chi connectivity index (χ3n) is 5.13. The van der Waals surface area contributed by atoms with Gasteiger partial charge in [0, 0.05) is 16.5 Å². The molecular weight excluding hydrogens is 329 g/mol. The van der Waals surface area contributed by atoms with Crippen LogP contribution >= 0.6 is 0 Å². The van der Waals surface area contributed by atoms with Crippen LogP contribution in [0.15, 0.2) is 97.1 Å². The van der Waals surface area contributed by atoms with Crippen LogP contribution in [0.2, 0.25) is 0 Å². The maximum atomic E-state index is 9.57. The number of aromatic nitrogens is 1. The number of para-hydroxylation sites is 1. The molecule has 0 saturated heterocycles. The van der Waals surface area contributed by atoms with Crippen molar-refractivity contribution in [3.8, 4) is 16.8 Å². The van der Waals surface area contributed by atoms with Crippen LogP contribution < -0.4 is 5.46 Å². The molecule has 0 saturated carbocycles. The second-order valence-electron chi connectivity index (χ2n) is 6.75. The fourth-order valence-electron chi connectivity index (χ4n) is 3.95. The van der Waals surface area contributed by atoms with Gasteiger partial charge in [0.1, 0.15) is 0 Å². The highest BCUT2D eigenvalue weighted by Crippen LogP contribution is 2.38. The molecule has 0 radical (unpaired) electrons. The number of hydrogen-bond acceptors (Lipinski definition) is 1. The molecule has 0 unspecified atom stereocenters. The summed E-state index contributed by atoms with van der Waals surface area (Å²) in [7, 11) is 0.0419. The van der Waals surface area contributed by atoms with E-state index in [1.807, 2.05) is 18.2 Å². The Morgan fingerprint density at radius 2 is 1.41 bits per heavy atom. The van der Waals surface area contributed by atoms with Crippen LogP contribution in [0.1, 0.15) is 0 Å². The molecular formula is C24H18BNO. The SMILES string of the molecule is OBc1cccc(-n2c3ccccc3c3c(-c4ccccc4)cccc32)c1. The molecule has 0 spiro atoms. The van der Waals surface area contributed by atoms with Crippen LogP contribution in [0.25, 0.3) is 38.6 Å². The standard InChI is InChI=1S/C24H18BNO/c27-25-18-10-6-11-19(16-18)26-22-14-5-4-12-21(22)24-20(13-7-15-23(24)26)17-8-2-1-3-9-17/h1-16,25,27H. The van der Waals surface area contributed by atoms with Crippen molar-refractivity contribution < 1.29 is 5.02 Å². The first kappa shape index (κ1) is 15.9. The molecule has 5 aromatic rings. The van der Waals surface area contributed by atoms with Gasteiger partial charge in [-0.25, -0.2) is 0 Å². The second kappa shape index (κ2) is 6.46. The zero-order valence-electron chi connectivity index (χ0n) is 14.8. The molecule has 0 aliphatic rings. The number of benzene rings is 4. The minimum Gasteiger partial charge on any atom is -0.449 e. The van der Waals surface area contributed by atoms with Gasteiger partial charge in [0.15, 0.2) is 0 Å². The molecule has 1 aromatic heterocycles. The van der Waals surface area contributed by atoms with Crippen LogP contribution in [0.5, 0.6) is 0 Å². The summed E-state index contributed by atoms with van der Waals surface area (Å²) in [6.07, 6.45) is 0. The number of nitrogens with zero attached hydrogens (tertiary/aromatic N) is 1. The normalized spacial score (nSPS) is 11.1. The maximum Gasteiger partial charge on any atom is 0.304 e. The molecule has 0 fully saturated rings. The summed E-state index contributed by atoms with van der Waals surface area (Å²) >= 11 is 0. The van der Waals surface area contributed by atoms with Gasteiger partial charge in [0.25, 0.3) is 0 Å². The summed E-state index contributed by atoms with van der Waals surface area (Å²) in [6, 6.07) is 33.7. The van der Waals surface area contributed by atoms with Crippen molar-refractivity contribution in [3.63, 3.8) is 0 Å². The van der Waals surface area contributed by atoms with E-state index in [9.17, 15) is 5.02 Å². The van der Waals surface area contributed by atoms with E-state index in [1.54, 1.807) is 0 Å². The van der Waals surface area contributed by atoms with Gasteiger partial charge in [-0.3, -0.25) is 0 Å². The average molecular weight is 347 g/mol. The van der Waals surface area contributed by atoms with E-state index >= 15 is 0 Å². The lowest BCUT2D eigenvalue weighted by atomic mass is 9.88. The van der Waals surface area contributed by atoms with Crippen molar-refractivity contribution in [1.82, 2.24) is 4.57 Å². The second-order valence-corrected chi connectivity index (χ2v) is 6.75. The van der Waals surface area contributed by atoms with E-state index in [4.69, 9.17) is 0 Å². The molecule has 0 bridgehead atoms. The highest BCUT2D eigenvalue weighted by molar-refractivity contribution is 6.45. The van der Waals surface area contributed by atoms with Gasteiger partial charge in [-0.15, -0.1) is 0 Å². The van der Waals surface area contributed by atoms with Crippen LogP contribution in [0, 0.1) is 0 Å². The molecule has 0 amide bonds. The van der Waals surface area contributed by atoms with Crippen molar-refractivity contribution in [2.75, 3.05) is 0 Å². The Morgan fingerprint density at radius 3 is 2.26 bits per heavy atom. The summed E-state index contributed by atoms with van der Waals surface area (Å²) < 4.78 is 2.29. The molecule has 128 valence electrons. The minimum absolute atomic E-state index is 0.0419. The van der Waals surface area contributed by atoms with Crippen molar-refractivity contribution in [2.45, 2.75) is 0 Å². The molecule has 2 nitrogen and oxygen atoms in total. The van der Waals surface area contributed by atoms with Crippen molar-refractivity contribution in [2.24, 2.45) is 0 Å². The zero-order chi connectivity index (χ0) is 18.2. The lowest BCUT2D eigenvalue weighted by Crippen LogP contribution is -2.13. The van der Waals surface area contributed by atoms with Gasteiger partial charge in [-0.05, 0) is 35.4 Å². The highest BCUT2D eigenvalue weighted by atomic mass is 16.2. The minimum atomic E-state index is 0.0419. The lowest BCUT2D eigenvalue weighted by molar-refractivity contribution is 0.615. The van der Waals surface area contributed by atoms with Gasteiger partial charge in [0.05, 0.1) is 11.0 Å². The van der Waals surface area contributed by atoms with Crippen LogP contribution in [0.4, 0.5) is 0 Å². The van der Waals surface area contributed by atoms with Crippen LogP contribution in [-0.4, -0.2) is 17.1 Å². The van der Waals surface area contributed by atoms with E-state index in [0.717, 1.165) is 11.2 Å². The largest absolute Gasteiger partial charge is 0.449 e. The summed E-state index contributed by atoms with van der Waals surface area (Å²) in [5.41, 5.74) is 6.78. The van der Waals surface area contributed by atoms with E-state index in [0.29, 0.717) is 0 Å². The Bertz CT molecular complexity index is 1260. The Kier molecular flexibility index (Phi) is 3.81. The van der Waals surface area contributed by atoms with Gasteiger partial charge in [0.2, 0.25) is 0 Å². The first-order valence-electron chi connectivity index (χ1n) is 9.14. The van der Waals surface area contributed by atoms with Crippen LogP contribution in [-0.2, 0) is 0 Å². The predicted molar refractivity (Wildman–Crippen MR) is 115 cm³/mol. The van der Waals surface area contributed by atoms with Gasteiger partial charge in [-0.2, -0.15) is 0 Å². The van der Waals surface area contributed by atoms with E-state index in [2.05, 4.69) is 83.4 Å². The molecule has 3 heteroatoms. The fourth-order valence-corrected chi connectivity index (χ4v) is 3.95. The lowest BCUT2D eigenvalue weighted by Gasteiger charge is -2.10. The van der Waals surface area contributed by atoms with Gasteiger partial charge < -0.3 is 9.59 Å². The Hall–Kier alpha value is -3.30. The highest BCUT2D eigenvalue weighted by Gasteiger charge is 2.15. The summed E-state index contributed by atoms with van der Waals surface area (Å²) in [5, 5.41) is 12.1. The van der Waals surface area contributed by atoms with E-state index in [-0.39, 0.29) is 7.48 Å². The quantitative estimate of drug-likeness (QED) is 0.480. The molecule has 1 N–H and O–H groups in total. The number of fused-ring (bicyclic) bond motifs is 3. The number of hydrogen-bond donors (Lipinski definition) is 1. The first-order chi connectivity index (χ1) is 13.4. The third-order valence-corrected chi connectivity index (χ3v) is 5.13. The summed E-state index contributed by atoms with van der Waals surface area (Å²) in [6.45, 7) is 0. The molecule has 0 atom stereocenters. The average Bonchev–Trinajstić information content (AvgIpc) is 3.09. The van der Waals surface area contributed by atoms with Crippen molar-refractivity contribution >= 4 is 34.8 Å². The molecule has 4 aromatic carbocycles. The summed E-state index contributed by atoms with van der Waals surface area (Å²) in [4.78, 5) is 0. The fraction of sp³-hybridized carbons (Fsp3) is 0. The molecule has 0 aliphatic heterocycles. The predicted octanol–water partition coefficient (Wildman–Crippen LogP) is 4.42. The Morgan fingerprint density at radius 1 is 0.667 bits per heavy atom. The Balaban J connectivity index is 1.92. The van der Waals surface area contributed by atoms with Crippen molar-refractivity contribution in [1.29, 1.82) is 0 Å². The monoisotopic (exact) mass is 347 g/mol. The Labute approximate surface area is 158 Å². The van der Waals surface area contributed by atoms with Gasteiger partial charge in [-0.1, -0.05) is 78.3 Å². The van der Waals surface area contributed by atoms with Crippen LogP contribution in [0.3, 0.4) is 0 Å². The molecule has 0 aliphatic carbocycles.